The molecule has 0 bridgehead atoms. The number of hydrogen-bond donors (Lipinski definition) is 3. The molecule has 6 rings (SSSR count). The van der Waals surface area contributed by atoms with Crippen molar-refractivity contribution in [2.24, 2.45) is 7.05 Å². The zero-order valence-corrected chi connectivity index (χ0v) is 20.7. The second-order valence-electron chi connectivity index (χ2n) is 9.40. The third kappa shape index (κ3) is 3.71. The average molecular weight is 486 g/mol. The van der Waals surface area contributed by atoms with Crippen molar-refractivity contribution in [3.05, 3.63) is 48.3 Å². The lowest BCUT2D eigenvalue weighted by molar-refractivity contribution is -0.134. The van der Waals surface area contributed by atoms with Gasteiger partial charge in [-0.1, -0.05) is 6.07 Å². The lowest BCUT2D eigenvalue weighted by atomic mass is 9.86. The van der Waals surface area contributed by atoms with Gasteiger partial charge in [0.05, 0.1) is 33.8 Å². The van der Waals surface area contributed by atoms with Crippen LogP contribution in [0.15, 0.2) is 42.7 Å². The summed E-state index contributed by atoms with van der Waals surface area (Å²) in [5.74, 6) is -0.00505. The Morgan fingerprint density at radius 3 is 2.56 bits per heavy atom. The SMILES string of the molecule is CC(=O)O.CCN1C(=O)C(C)(C)c2cc3[nH]c(-c4n[nH]c5ccc(-c6cnn(C)c6)cc45)nc3cc21. The van der Waals surface area contributed by atoms with Crippen LogP contribution in [0.5, 0.6) is 0 Å². The van der Waals surface area contributed by atoms with Gasteiger partial charge in [-0.2, -0.15) is 10.2 Å². The molecule has 0 saturated carbocycles. The number of aromatic amines is 2. The van der Waals surface area contributed by atoms with E-state index in [1.54, 1.807) is 4.68 Å². The summed E-state index contributed by atoms with van der Waals surface area (Å²) in [4.78, 5) is 31.9. The molecule has 0 saturated heterocycles. The summed E-state index contributed by atoms with van der Waals surface area (Å²) in [7, 11) is 1.91. The Balaban J connectivity index is 0.000000623. The quantitative estimate of drug-likeness (QED) is 0.350. The van der Waals surface area contributed by atoms with E-state index in [0.29, 0.717) is 12.4 Å². The molecule has 3 N–H and O–H groups in total. The predicted octanol–water partition coefficient (Wildman–Crippen LogP) is 4.24. The number of likely N-dealkylation sites (N-methyl/N-ethyl adjacent to an activating group) is 1. The van der Waals surface area contributed by atoms with Crippen molar-refractivity contribution >= 4 is 39.5 Å². The molecule has 5 aromatic rings. The highest BCUT2D eigenvalue weighted by Crippen LogP contribution is 2.43. The zero-order chi connectivity index (χ0) is 25.8. The number of carbonyl (C=O) groups excluding carboxylic acids is 1. The fourth-order valence-electron chi connectivity index (χ4n) is 4.70. The third-order valence-electron chi connectivity index (χ3n) is 6.48. The van der Waals surface area contributed by atoms with Crippen molar-refractivity contribution in [1.82, 2.24) is 29.9 Å². The van der Waals surface area contributed by atoms with Crippen molar-refractivity contribution in [2.75, 3.05) is 11.4 Å². The highest BCUT2D eigenvalue weighted by atomic mass is 16.4. The maximum atomic E-state index is 12.8. The Kier molecular flexibility index (Phi) is 5.39. The molecule has 0 aliphatic carbocycles. The summed E-state index contributed by atoms with van der Waals surface area (Å²) in [5, 5.41) is 20.3. The molecule has 184 valence electrons. The Hall–Kier alpha value is -4.47. The molecule has 1 aliphatic heterocycles. The van der Waals surface area contributed by atoms with Crippen LogP contribution in [0.4, 0.5) is 5.69 Å². The normalized spacial score (nSPS) is 14.2. The number of benzene rings is 2. The van der Waals surface area contributed by atoms with E-state index in [1.165, 1.54) is 0 Å². The number of carboxylic acid groups (broad SMARTS) is 1. The molecule has 10 heteroatoms. The van der Waals surface area contributed by atoms with Crippen LogP contribution < -0.4 is 4.90 Å². The molecule has 4 heterocycles. The molecule has 1 amide bonds. The van der Waals surface area contributed by atoms with Gasteiger partial charge in [0.25, 0.3) is 5.97 Å². The molecule has 2 aromatic carbocycles. The molecular weight excluding hydrogens is 458 g/mol. The Bertz CT molecular complexity index is 1640. The van der Waals surface area contributed by atoms with Gasteiger partial charge < -0.3 is 15.0 Å². The molecule has 36 heavy (non-hydrogen) atoms. The Labute approximate surface area is 207 Å². The Morgan fingerprint density at radius 1 is 1.14 bits per heavy atom. The number of fused-ring (bicyclic) bond motifs is 3. The number of aryl methyl sites for hydroxylation is 1. The summed E-state index contributed by atoms with van der Waals surface area (Å²) in [6.07, 6.45) is 3.85. The van der Waals surface area contributed by atoms with E-state index >= 15 is 0 Å². The predicted molar refractivity (Wildman–Crippen MR) is 138 cm³/mol. The van der Waals surface area contributed by atoms with Crippen LogP contribution in [0.2, 0.25) is 0 Å². The highest BCUT2D eigenvalue weighted by molar-refractivity contribution is 6.09. The van der Waals surface area contributed by atoms with Crippen LogP contribution in [-0.2, 0) is 22.1 Å². The molecule has 0 radical (unpaired) electrons. The number of nitrogens with zero attached hydrogens (tertiary/aromatic N) is 5. The van der Waals surface area contributed by atoms with E-state index in [2.05, 4.69) is 38.5 Å². The number of aliphatic carboxylic acids is 1. The van der Waals surface area contributed by atoms with E-state index in [4.69, 9.17) is 14.9 Å². The van der Waals surface area contributed by atoms with E-state index in [9.17, 15) is 4.79 Å². The minimum Gasteiger partial charge on any atom is -0.481 e. The fraction of sp³-hybridized carbons (Fsp3) is 0.269. The number of carbonyl (C=O) groups is 2. The van der Waals surface area contributed by atoms with Crippen molar-refractivity contribution in [1.29, 1.82) is 0 Å². The second-order valence-corrected chi connectivity index (χ2v) is 9.40. The number of aromatic nitrogens is 6. The van der Waals surface area contributed by atoms with E-state index in [1.807, 2.05) is 57.2 Å². The minimum atomic E-state index is -0.833. The van der Waals surface area contributed by atoms with Crippen molar-refractivity contribution < 1.29 is 14.7 Å². The van der Waals surface area contributed by atoms with Crippen LogP contribution in [0.3, 0.4) is 0 Å². The van der Waals surface area contributed by atoms with Gasteiger partial charge in [0.15, 0.2) is 5.82 Å². The van der Waals surface area contributed by atoms with Gasteiger partial charge in [-0.3, -0.25) is 19.4 Å². The first-order chi connectivity index (χ1) is 17.1. The van der Waals surface area contributed by atoms with Gasteiger partial charge in [0.1, 0.15) is 5.69 Å². The number of nitrogens with one attached hydrogen (secondary N) is 2. The summed E-state index contributed by atoms with van der Waals surface area (Å²) < 4.78 is 1.79. The van der Waals surface area contributed by atoms with Crippen LogP contribution >= 0.6 is 0 Å². The third-order valence-corrected chi connectivity index (χ3v) is 6.48. The maximum Gasteiger partial charge on any atom is 0.300 e. The van der Waals surface area contributed by atoms with Gasteiger partial charge in [-0.15, -0.1) is 0 Å². The van der Waals surface area contributed by atoms with E-state index in [-0.39, 0.29) is 5.91 Å². The average Bonchev–Trinajstić information content (AvgIpc) is 3.57. The first kappa shape index (κ1) is 23.3. The maximum absolute atomic E-state index is 12.8. The second kappa shape index (κ2) is 8.33. The summed E-state index contributed by atoms with van der Waals surface area (Å²) in [5.41, 5.74) is 6.97. The topological polar surface area (TPSA) is 133 Å². The van der Waals surface area contributed by atoms with Gasteiger partial charge >= 0.3 is 0 Å². The number of anilines is 1. The highest BCUT2D eigenvalue weighted by Gasteiger charge is 2.43. The van der Waals surface area contributed by atoms with Crippen molar-refractivity contribution in [2.45, 2.75) is 33.1 Å². The number of H-pyrrole nitrogens is 2. The Morgan fingerprint density at radius 2 is 1.89 bits per heavy atom. The van der Waals surface area contributed by atoms with E-state index < -0.39 is 11.4 Å². The number of carboxylic acids is 1. The largest absolute Gasteiger partial charge is 0.481 e. The summed E-state index contributed by atoms with van der Waals surface area (Å²) >= 11 is 0. The first-order valence-electron chi connectivity index (χ1n) is 11.6. The first-order valence-corrected chi connectivity index (χ1v) is 11.6. The van der Waals surface area contributed by atoms with Gasteiger partial charge in [0, 0.05) is 37.7 Å². The van der Waals surface area contributed by atoms with Crippen molar-refractivity contribution in [3.8, 4) is 22.6 Å². The van der Waals surface area contributed by atoms with Crippen LogP contribution in [-0.4, -0.2) is 53.5 Å². The number of amides is 1. The molecule has 1 aliphatic rings. The van der Waals surface area contributed by atoms with E-state index in [0.717, 1.165) is 56.9 Å². The summed E-state index contributed by atoms with van der Waals surface area (Å²) in [6.45, 7) is 7.68. The minimum absolute atomic E-state index is 0.129. The van der Waals surface area contributed by atoms with Crippen LogP contribution in [0, 0.1) is 0 Å². The standard InChI is InChI=1S/C24H23N7O.C2H4O2/c1-5-31-20-10-19-18(9-16(20)24(2,3)23(31)32)26-22(27-19)21-15-8-13(6-7-17(15)28-29-21)14-11-25-30(4)12-14;1-2(3)4/h6-12H,5H2,1-4H3,(H,26,27)(H,28,29);1H3,(H,3,4). The zero-order valence-electron chi connectivity index (χ0n) is 20.7. The molecule has 0 unspecified atom stereocenters. The number of imidazole rings is 1. The smallest absolute Gasteiger partial charge is 0.300 e. The number of rotatable bonds is 3. The fourth-order valence-corrected chi connectivity index (χ4v) is 4.70. The molecule has 0 spiro atoms. The molecular formula is C26H27N7O3. The molecule has 3 aromatic heterocycles. The lowest BCUT2D eigenvalue weighted by Crippen LogP contribution is -2.35. The monoisotopic (exact) mass is 485 g/mol. The number of hydrogen-bond acceptors (Lipinski definition) is 5. The van der Waals surface area contributed by atoms with Gasteiger partial charge in [-0.25, -0.2) is 4.98 Å². The van der Waals surface area contributed by atoms with Gasteiger partial charge in [-0.05, 0) is 56.2 Å². The van der Waals surface area contributed by atoms with Gasteiger partial charge in [0.2, 0.25) is 5.91 Å². The molecule has 0 fully saturated rings. The molecule has 10 nitrogen and oxygen atoms in total. The summed E-state index contributed by atoms with van der Waals surface area (Å²) in [6, 6.07) is 10.3. The molecule has 0 atom stereocenters. The van der Waals surface area contributed by atoms with Crippen LogP contribution in [0.1, 0.15) is 33.3 Å². The van der Waals surface area contributed by atoms with Crippen LogP contribution in [0.25, 0.3) is 44.6 Å². The lowest BCUT2D eigenvalue weighted by Gasteiger charge is -2.18. The van der Waals surface area contributed by atoms with Crippen molar-refractivity contribution in [3.63, 3.8) is 0 Å².